The van der Waals surface area contributed by atoms with Crippen LogP contribution in [0.4, 0.5) is 13.2 Å². The summed E-state index contributed by atoms with van der Waals surface area (Å²) >= 11 is 0. The lowest BCUT2D eigenvalue weighted by Crippen LogP contribution is -2.39. The Morgan fingerprint density at radius 1 is 1.38 bits per heavy atom. The van der Waals surface area contributed by atoms with Gasteiger partial charge in [-0.05, 0) is 20.8 Å². The van der Waals surface area contributed by atoms with Crippen molar-refractivity contribution >= 4 is 5.65 Å². The number of nitrogens with zero attached hydrogens (tertiary/aromatic N) is 3. The number of aromatic nitrogens is 3. The maximum atomic E-state index is 12.3. The predicted octanol–water partition coefficient (Wildman–Crippen LogP) is 1.92. The molecule has 8 heteroatoms. The highest BCUT2D eigenvalue weighted by molar-refractivity contribution is 5.42. The van der Waals surface area contributed by atoms with Gasteiger partial charge in [-0.3, -0.25) is 0 Å². The van der Waals surface area contributed by atoms with Crippen LogP contribution in [0.5, 0.6) is 0 Å². The van der Waals surface area contributed by atoms with E-state index in [-0.39, 0.29) is 6.04 Å². The van der Waals surface area contributed by atoms with E-state index in [0.717, 1.165) is 17.0 Å². The summed E-state index contributed by atoms with van der Waals surface area (Å²) in [5.41, 5.74) is 3.04. The average Bonchev–Trinajstić information content (AvgIpc) is 2.76. The van der Waals surface area contributed by atoms with Crippen molar-refractivity contribution in [2.45, 2.75) is 39.1 Å². The number of halogens is 3. The van der Waals surface area contributed by atoms with Crippen molar-refractivity contribution < 1.29 is 18.3 Å². The van der Waals surface area contributed by atoms with Crippen molar-refractivity contribution in [1.29, 1.82) is 0 Å². The van der Waals surface area contributed by atoms with Gasteiger partial charge in [-0.25, -0.2) is 9.50 Å². The Labute approximate surface area is 119 Å². The fraction of sp³-hybridized carbons (Fsp3) is 0.538. The minimum atomic E-state index is -4.62. The van der Waals surface area contributed by atoms with Crippen molar-refractivity contribution in [2.24, 2.45) is 0 Å². The van der Waals surface area contributed by atoms with E-state index in [2.05, 4.69) is 15.4 Å². The van der Waals surface area contributed by atoms with E-state index in [1.807, 2.05) is 19.9 Å². The second kappa shape index (κ2) is 5.61. The molecule has 116 valence electrons. The van der Waals surface area contributed by atoms with Crippen LogP contribution in [0.2, 0.25) is 0 Å². The maximum absolute atomic E-state index is 12.3. The monoisotopic (exact) mass is 302 g/mol. The molecule has 0 aromatic carbocycles. The number of nitrogens with one attached hydrogen (secondary N) is 1. The van der Waals surface area contributed by atoms with Crippen molar-refractivity contribution in [1.82, 2.24) is 19.9 Å². The molecule has 0 fully saturated rings. The number of aliphatic hydroxyl groups excluding tert-OH is 1. The zero-order valence-electron chi connectivity index (χ0n) is 11.9. The number of aliphatic hydroxyl groups is 1. The molecule has 2 aromatic heterocycles. The molecule has 2 N–H and O–H groups in total. The summed E-state index contributed by atoms with van der Waals surface area (Å²) in [6.45, 7) is 4.82. The van der Waals surface area contributed by atoms with Crippen LogP contribution in [0.15, 0.2) is 12.3 Å². The molecular formula is C13H17F3N4O. The number of fused-ring (bicyclic) bond motifs is 1. The van der Waals surface area contributed by atoms with Gasteiger partial charge in [-0.2, -0.15) is 18.3 Å². The fourth-order valence-corrected chi connectivity index (χ4v) is 2.12. The smallest absolute Gasteiger partial charge is 0.382 e. The molecule has 0 aliphatic carbocycles. The first kappa shape index (κ1) is 15.7. The molecule has 2 aromatic rings. The first-order valence-electron chi connectivity index (χ1n) is 6.50. The van der Waals surface area contributed by atoms with Crippen LogP contribution >= 0.6 is 0 Å². The SMILES string of the molecule is Cc1cc2ncc(C(C)NCC(O)C(F)(F)F)c(C)n2n1. The lowest BCUT2D eigenvalue weighted by Gasteiger charge is -2.20. The molecule has 0 bridgehead atoms. The number of hydrogen-bond acceptors (Lipinski definition) is 4. The summed E-state index contributed by atoms with van der Waals surface area (Å²) < 4.78 is 38.5. The van der Waals surface area contributed by atoms with Gasteiger partial charge in [0.1, 0.15) is 0 Å². The van der Waals surface area contributed by atoms with E-state index in [0.29, 0.717) is 5.65 Å². The second-order valence-corrected chi connectivity index (χ2v) is 5.04. The highest BCUT2D eigenvalue weighted by Gasteiger charge is 2.38. The Hall–Kier alpha value is -1.67. The lowest BCUT2D eigenvalue weighted by atomic mass is 10.1. The van der Waals surface area contributed by atoms with Crippen LogP contribution in [-0.4, -0.2) is 38.5 Å². The topological polar surface area (TPSA) is 62.5 Å². The van der Waals surface area contributed by atoms with E-state index >= 15 is 0 Å². The van der Waals surface area contributed by atoms with Crippen molar-refractivity contribution in [3.63, 3.8) is 0 Å². The van der Waals surface area contributed by atoms with Crippen LogP contribution in [0, 0.1) is 13.8 Å². The van der Waals surface area contributed by atoms with Crippen LogP contribution in [0.1, 0.15) is 29.9 Å². The van der Waals surface area contributed by atoms with Gasteiger partial charge in [0, 0.05) is 36.1 Å². The van der Waals surface area contributed by atoms with Gasteiger partial charge < -0.3 is 10.4 Å². The van der Waals surface area contributed by atoms with Gasteiger partial charge in [0.05, 0.1) is 5.69 Å². The highest BCUT2D eigenvalue weighted by Crippen LogP contribution is 2.21. The van der Waals surface area contributed by atoms with Gasteiger partial charge in [0.2, 0.25) is 0 Å². The van der Waals surface area contributed by atoms with Crippen LogP contribution in [0.3, 0.4) is 0 Å². The molecule has 5 nitrogen and oxygen atoms in total. The third kappa shape index (κ3) is 3.33. The fourth-order valence-electron chi connectivity index (χ4n) is 2.12. The summed E-state index contributed by atoms with van der Waals surface area (Å²) in [5, 5.41) is 16.0. The van der Waals surface area contributed by atoms with Crippen LogP contribution < -0.4 is 5.32 Å². The summed E-state index contributed by atoms with van der Waals surface area (Å²) in [5.74, 6) is 0. The number of rotatable bonds is 4. The lowest BCUT2D eigenvalue weighted by molar-refractivity contribution is -0.202. The molecule has 0 saturated heterocycles. The molecule has 0 saturated carbocycles. The zero-order valence-corrected chi connectivity index (χ0v) is 11.9. The Kier molecular flexibility index (Phi) is 4.20. The molecule has 0 amide bonds. The number of hydrogen-bond donors (Lipinski definition) is 2. The van der Waals surface area contributed by atoms with Gasteiger partial charge in [-0.1, -0.05) is 0 Å². The van der Waals surface area contributed by atoms with Crippen LogP contribution in [-0.2, 0) is 0 Å². The van der Waals surface area contributed by atoms with E-state index in [1.54, 1.807) is 17.6 Å². The molecule has 0 aliphatic heterocycles. The number of alkyl halides is 3. The minimum Gasteiger partial charge on any atom is -0.382 e. The summed E-state index contributed by atoms with van der Waals surface area (Å²) in [7, 11) is 0. The Morgan fingerprint density at radius 2 is 2.05 bits per heavy atom. The zero-order chi connectivity index (χ0) is 15.8. The predicted molar refractivity (Wildman–Crippen MR) is 70.9 cm³/mol. The molecule has 0 radical (unpaired) electrons. The molecule has 0 aliphatic rings. The molecular weight excluding hydrogens is 285 g/mol. The standard InChI is InChI=1S/C13H17F3N4O/c1-7-4-12-18-5-10(9(3)20(12)19-7)8(2)17-6-11(21)13(14,15)16/h4-5,8,11,17,21H,6H2,1-3H3. The van der Waals surface area contributed by atoms with Crippen molar-refractivity contribution in [3.05, 3.63) is 29.2 Å². The average molecular weight is 302 g/mol. The molecule has 2 rings (SSSR count). The molecule has 2 unspecified atom stereocenters. The maximum Gasteiger partial charge on any atom is 0.415 e. The molecule has 21 heavy (non-hydrogen) atoms. The van der Waals surface area contributed by atoms with Gasteiger partial charge in [0.15, 0.2) is 11.8 Å². The summed E-state index contributed by atoms with van der Waals surface area (Å²) in [6, 6.07) is 1.44. The molecule has 0 spiro atoms. The Balaban J connectivity index is 2.16. The first-order chi connectivity index (χ1) is 9.70. The quantitative estimate of drug-likeness (QED) is 0.906. The second-order valence-electron chi connectivity index (χ2n) is 5.04. The van der Waals surface area contributed by atoms with Gasteiger partial charge >= 0.3 is 6.18 Å². The van der Waals surface area contributed by atoms with E-state index < -0.39 is 18.8 Å². The number of aryl methyl sites for hydroxylation is 2. The summed E-state index contributed by atoms with van der Waals surface area (Å²) in [4.78, 5) is 4.24. The van der Waals surface area contributed by atoms with Gasteiger partial charge in [-0.15, -0.1) is 0 Å². The first-order valence-corrected chi connectivity index (χ1v) is 6.50. The van der Waals surface area contributed by atoms with Crippen LogP contribution in [0.25, 0.3) is 5.65 Å². The van der Waals surface area contributed by atoms with E-state index in [4.69, 9.17) is 5.11 Å². The van der Waals surface area contributed by atoms with Crippen molar-refractivity contribution in [3.8, 4) is 0 Å². The normalized spacial score (nSPS) is 15.4. The highest BCUT2D eigenvalue weighted by atomic mass is 19.4. The van der Waals surface area contributed by atoms with E-state index in [9.17, 15) is 13.2 Å². The molecule has 2 atom stereocenters. The van der Waals surface area contributed by atoms with Gasteiger partial charge in [0.25, 0.3) is 0 Å². The minimum absolute atomic E-state index is 0.386. The van der Waals surface area contributed by atoms with E-state index in [1.165, 1.54) is 0 Å². The third-order valence-corrected chi connectivity index (χ3v) is 3.35. The largest absolute Gasteiger partial charge is 0.415 e. The molecule has 2 heterocycles. The summed E-state index contributed by atoms with van der Waals surface area (Å²) in [6.07, 6.45) is -5.39. The van der Waals surface area contributed by atoms with Crippen molar-refractivity contribution in [2.75, 3.05) is 6.54 Å². The Bertz CT molecular complexity index is 638. The third-order valence-electron chi connectivity index (χ3n) is 3.35. The Morgan fingerprint density at radius 3 is 2.67 bits per heavy atom.